The van der Waals surface area contributed by atoms with Gasteiger partial charge in [0.25, 0.3) is 0 Å². The summed E-state index contributed by atoms with van der Waals surface area (Å²) in [6.07, 6.45) is 2.84. The van der Waals surface area contributed by atoms with Crippen molar-refractivity contribution >= 4 is 27.7 Å². The van der Waals surface area contributed by atoms with E-state index in [4.69, 9.17) is 18.9 Å². The van der Waals surface area contributed by atoms with Crippen LogP contribution in [0, 0.1) is 0 Å². The maximum atomic E-state index is 11.9. The summed E-state index contributed by atoms with van der Waals surface area (Å²) in [7, 11) is 3.31. The van der Waals surface area contributed by atoms with Gasteiger partial charge >= 0.3 is 6.16 Å². The molecule has 1 fully saturated rings. The van der Waals surface area contributed by atoms with Gasteiger partial charge in [-0.15, -0.1) is 0 Å². The van der Waals surface area contributed by atoms with E-state index in [0.717, 1.165) is 36.0 Å². The Morgan fingerprint density at radius 1 is 1.00 bits per heavy atom. The Morgan fingerprint density at radius 2 is 1.74 bits per heavy atom. The molecule has 31 heavy (non-hydrogen) atoms. The Kier molecular flexibility index (Phi) is 5.10. The van der Waals surface area contributed by atoms with Gasteiger partial charge < -0.3 is 18.9 Å². The summed E-state index contributed by atoms with van der Waals surface area (Å²) in [5, 5.41) is 4.48. The molecule has 0 amide bonds. The fourth-order valence-corrected chi connectivity index (χ4v) is 5.18. The summed E-state index contributed by atoms with van der Waals surface area (Å²) < 4.78 is 21.6. The van der Waals surface area contributed by atoms with E-state index in [1.165, 1.54) is 34.7 Å². The predicted octanol–water partition coefficient (Wildman–Crippen LogP) is 5.07. The average molecular weight is 421 g/mol. The smallest absolute Gasteiger partial charge is 0.493 e. The van der Waals surface area contributed by atoms with Crippen LogP contribution in [0.25, 0.3) is 21.5 Å². The first kappa shape index (κ1) is 19.9. The van der Waals surface area contributed by atoms with E-state index in [1.54, 1.807) is 21.1 Å². The van der Waals surface area contributed by atoms with Crippen LogP contribution in [0.5, 0.6) is 17.2 Å². The van der Waals surface area contributed by atoms with Crippen LogP contribution in [0.2, 0.25) is 0 Å². The second kappa shape index (κ2) is 7.93. The van der Waals surface area contributed by atoms with E-state index >= 15 is 0 Å². The first-order valence-corrected chi connectivity index (χ1v) is 10.8. The molecule has 2 heterocycles. The number of carbonyl (C=O) groups is 1. The molecule has 0 N–H and O–H groups in total. The molecule has 6 heteroatoms. The minimum atomic E-state index is -0.690. The highest BCUT2D eigenvalue weighted by Crippen LogP contribution is 2.44. The van der Waals surface area contributed by atoms with Crippen molar-refractivity contribution < 1.29 is 23.7 Å². The lowest BCUT2D eigenvalue weighted by atomic mass is 9.85. The normalized spacial score (nSPS) is 18.0. The molecule has 5 rings (SSSR count). The molecule has 3 aromatic carbocycles. The van der Waals surface area contributed by atoms with Crippen molar-refractivity contribution in [1.29, 1.82) is 0 Å². The fourth-order valence-electron chi connectivity index (χ4n) is 5.18. The molecule has 0 radical (unpaired) electrons. The lowest BCUT2D eigenvalue weighted by Gasteiger charge is -2.33. The van der Waals surface area contributed by atoms with Crippen LogP contribution in [0.4, 0.5) is 4.79 Å². The van der Waals surface area contributed by atoms with Gasteiger partial charge in [-0.05, 0) is 89.7 Å². The summed E-state index contributed by atoms with van der Waals surface area (Å²) in [6, 6.07) is 10.6. The lowest BCUT2D eigenvalue weighted by molar-refractivity contribution is 0.104. The summed E-state index contributed by atoms with van der Waals surface area (Å²) in [4.78, 5) is 14.5. The highest BCUT2D eigenvalue weighted by molar-refractivity contribution is 6.12. The molecule has 2 aliphatic heterocycles. The van der Waals surface area contributed by atoms with E-state index in [0.29, 0.717) is 17.5 Å². The van der Waals surface area contributed by atoms with E-state index in [1.807, 2.05) is 18.2 Å². The highest BCUT2D eigenvalue weighted by Gasteiger charge is 2.32. The Bertz CT molecular complexity index is 1170. The second-order valence-electron chi connectivity index (χ2n) is 8.17. The summed E-state index contributed by atoms with van der Waals surface area (Å²) in [5.41, 5.74) is 2.75. The Hall–Kier alpha value is -2.99. The molecule has 1 saturated heterocycles. The van der Waals surface area contributed by atoms with Crippen molar-refractivity contribution in [2.75, 3.05) is 27.4 Å². The van der Waals surface area contributed by atoms with E-state index in [9.17, 15) is 4.79 Å². The zero-order chi connectivity index (χ0) is 21.5. The number of rotatable bonds is 4. The molecule has 2 aliphatic rings. The molecular formula is C25H27NO5. The molecule has 0 spiro atoms. The van der Waals surface area contributed by atoms with Crippen molar-refractivity contribution in [3.8, 4) is 17.2 Å². The van der Waals surface area contributed by atoms with Crippen LogP contribution in [-0.4, -0.2) is 44.5 Å². The molecule has 1 atom stereocenters. The SMILES string of the molecule is CCOC(=O)Oc1ccc2c3c(c4cc(OC)c(OC)cc4c2c1)CN1CCCC1C3. The topological polar surface area (TPSA) is 57.2 Å². The minimum absolute atomic E-state index is 0.276. The molecule has 0 aromatic heterocycles. The van der Waals surface area contributed by atoms with Gasteiger partial charge in [0.2, 0.25) is 0 Å². The van der Waals surface area contributed by atoms with Gasteiger partial charge in [-0.25, -0.2) is 4.79 Å². The van der Waals surface area contributed by atoms with Crippen molar-refractivity contribution in [2.45, 2.75) is 38.8 Å². The fraction of sp³-hybridized carbons (Fsp3) is 0.400. The predicted molar refractivity (Wildman–Crippen MR) is 119 cm³/mol. The lowest BCUT2D eigenvalue weighted by Crippen LogP contribution is -2.35. The maximum Gasteiger partial charge on any atom is 0.513 e. The summed E-state index contributed by atoms with van der Waals surface area (Å²) >= 11 is 0. The number of ether oxygens (including phenoxy) is 4. The number of methoxy groups -OCH3 is 2. The average Bonchev–Trinajstić information content (AvgIpc) is 3.24. The standard InChI is InChI=1S/C25H27NO5/c1-4-30-25(27)31-16-7-8-17-18-10-15-6-5-9-26(15)14-22(18)21-13-24(29-3)23(28-2)12-20(21)19(17)11-16/h7-8,11-13,15H,4-6,9-10,14H2,1-3H3. The van der Waals surface area contributed by atoms with Gasteiger partial charge in [-0.2, -0.15) is 0 Å². The quantitative estimate of drug-likeness (QED) is 0.333. The molecule has 0 saturated carbocycles. The zero-order valence-corrected chi connectivity index (χ0v) is 18.2. The first-order valence-electron chi connectivity index (χ1n) is 10.8. The van der Waals surface area contributed by atoms with Gasteiger partial charge in [0, 0.05) is 12.6 Å². The van der Waals surface area contributed by atoms with Gasteiger partial charge in [-0.1, -0.05) is 6.07 Å². The molecule has 3 aromatic rings. The summed E-state index contributed by atoms with van der Waals surface area (Å²) in [6.45, 7) is 4.14. The van der Waals surface area contributed by atoms with Crippen molar-refractivity contribution in [3.05, 3.63) is 41.5 Å². The van der Waals surface area contributed by atoms with Crippen LogP contribution < -0.4 is 14.2 Å². The van der Waals surface area contributed by atoms with Gasteiger partial charge in [-0.3, -0.25) is 4.90 Å². The van der Waals surface area contributed by atoms with Crippen LogP contribution in [0.15, 0.2) is 30.3 Å². The van der Waals surface area contributed by atoms with E-state index < -0.39 is 6.16 Å². The number of fused-ring (bicyclic) bond motifs is 7. The van der Waals surface area contributed by atoms with Crippen LogP contribution in [0.3, 0.4) is 0 Å². The van der Waals surface area contributed by atoms with Gasteiger partial charge in [0.1, 0.15) is 5.75 Å². The van der Waals surface area contributed by atoms with Gasteiger partial charge in [0.15, 0.2) is 11.5 Å². The number of nitrogens with zero attached hydrogens (tertiary/aromatic N) is 1. The Balaban J connectivity index is 1.76. The number of hydrogen-bond donors (Lipinski definition) is 0. The number of benzene rings is 3. The minimum Gasteiger partial charge on any atom is -0.493 e. The van der Waals surface area contributed by atoms with Crippen molar-refractivity contribution in [3.63, 3.8) is 0 Å². The molecule has 0 bridgehead atoms. The monoisotopic (exact) mass is 421 g/mol. The van der Waals surface area contributed by atoms with E-state index in [-0.39, 0.29) is 6.61 Å². The zero-order valence-electron chi connectivity index (χ0n) is 18.2. The number of carbonyl (C=O) groups excluding carboxylic acids is 1. The van der Waals surface area contributed by atoms with Crippen LogP contribution >= 0.6 is 0 Å². The Labute approximate surface area is 181 Å². The van der Waals surface area contributed by atoms with Crippen LogP contribution in [-0.2, 0) is 17.7 Å². The molecule has 6 nitrogen and oxygen atoms in total. The maximum absolute atomic E-state index is 11.9. The third-order valence-electron chi connectivity index (χ3n) is 6.58. The molecule has 0 aliphatic carbocycles. The highest BCUT2D eigenvalue weighted by atomic mass is 16.7. The van der Waals surface area contributed by atoms with E-state index in [2.05, 4.69) is 17.0 Å². The molecule has 1 unspecified atom stereocenters. The second-order valence-corrected chi connectivity index (χ2v) is 8.17. The van der Waals surface area contributed by atoms with Crippen LogP contribution in [0.1, 0.15) is 30.9 Å². The third-order valence-corrected chi connectivity index (χ3v) is 6.58. The number of hydrogen-bond acceptors (Lipinski definition) is 6. The van der Waals surface area contributed by atoms with Crippen molar-refractivity contribution in [1.82, 2.24) is 4.90 Å². The van der Waals surface area contributed by atoms with Gasteiger partial charge in [0.05, 0.1) is 20.8 Å². The third kappa shape index (κ3) is 3.35. The Morgan fingerprint density at radius 3 is 2.48 bits per heavy atom. The summed E-state index contributed by atoms with van der Waals surface area (Å²) in [5.74, 6) is 1.88. The molecular weight excluding hydrogens is 394 g/mol. The largest absolute Gasteiger partial charge is 0.513 e. The van der Waals surface area contributed by atoms with Crippen molar-refractivity contribution in [2.24, 2.45) is 0 Å². The first-order chi connectivity index (χ1) is 15.1. The molecule has 162 valence electrons.